The second-order valence-electron chi connectivity index (χ2n) is 8.27. The van der Waals surface area contributed by atoms with E-state index in [-0.39, 0.29) is 5.91 Å². The molecule has 0 bridgehead atoms. The van der Waals surface area contributed by atoms with Crippen LogP contribution in [0.15, 0.2) is 78.9 Å². The van der Waals surface area contributed by atoms with Crippen LogP contribution in [-0.2, 0) is 19.3 Å². The van der Waals surface area contributed by atoms with E-state index < -0.39 is 0 Å². The third-order valence-electron chi connectivity index (χ3n) is 5.99. The van der Waals surface area contributed by atoms with E-state index in [1.54, 1.807) is 12.1 Å². The minimum absolute atomic E-state index is 0.196. The molecule has 4 nitrogen and oxygen atoms in total. The number of fused-ring (bicyclic) bond motifs is 3. The first-order chi connectivity index (χ1) is 16.6. The number of aromatic amines is 1. The molecule has 0 spiro atoms. The van der Waals surface area contributed by atoms with E-state index in [4.69, 9.17) is 28.2 Å². The summed E-state index contributed by atoms with van der Waals surface area (Å²) < 4.78 is 0. The Morgan fingerprint density at radius 1 is 0.853 bits per heavy atom. The van der Waals surface area contributed by atoms with Crippen molar-refractivity contribution < 1.29 is 4.79 Å². The number of aromatic nitrogens is 2. The Bertz CT molecular complexity index is 1480. The Morgan fingerprint density at radius 2 is 1.65 bits per heavy atom. The standard InChI is InChI=1S/C28H23Cl2N3O/c29-20-12-11-19(23(30)16-20)14-15-31-28(34)26-17-22-21-8-4-5-9-24(21)33-27(22)25(32-26)13-10-18-6-2-1-3-7-18/h1-9,11-12,16-17,33H,10,13-15H2,(H,31,34). The van der Waals surface area contributed by atoms with Crippen molar-refractivity contribution in [1.82, 2.24) is 15.3 Å². The molecule has 3 aromatic carbocycles. The Labute approximate surface area is 207 Å². The van der Waals surface area contributed by atoms with Crippen LogP contribution in [0.3, 0.4) is 0 Å². The zero-order chi connectivity index (χ0) is 23.5. The predicted molar refractivity (Wildman–Crippen MR) is 140 cm³/mol. The number of carbonyl (C=O) groups excluding carboxylic acids is 1. The average molecular weight is 488 g/mol. The molecule has 0 saturated carbocycles. The van der Waals surface area contributed by atoms with Crippen molar-refractivity contribution in [3.8, 4) is 0 Å². The number of pyridine rings is 1. The number of hydrogen-bond donors (Lipinski definition) is 2. The molecule has 0 aliphatic heterocycles. The van der Waals surface area contributed by atoms with Crippen molar-refractivity contribution in [3.05, 3.63) is 111 Å². The van der Waals surface area contributed by atoms with Gasteiger partial charge in [0.15, 0.2) is 0 Å². The molecule has 2 heterocycles. The molecule has 0 aliphatic rings. The number of amides is 1. The Morgan fingerprint density at radius 3 is 2.47 bits per heavy atom. The maximum absolute atomic E-state index is 13.1. The van der Waals surface area contributed by atoms with E-state index in [1.807, 2.05) is 48.5 Å². The van der Waals surface area contributed by atoms with E-state index in [0.29, 0.717) is 28.7 Å². The summed E-state index contributed by atoms with van der Waals surface area (Å²) in [5.74, 6) is -0.196. The van der Waals surface area contributed by atoms with Gasteiger partial charge in [0.05, 0.1) is 11.2 Å². The minimum Gasteiger partial charge on any atom is -0.353 e. The molecule has 0 unspecified atom stereocenters. The first kappa shape index (κ1) is 22.5. The average Bonchev–Trinajstić information content (AvgIpc) is 3.23. The Kier molecular flexibility index (Phi) is 6.52. The number of hydrogen-bond acceptors (Lipinski definition) is 2. The molecule has 5 aromatic rings. The molecule has 0 radical (unpaired) electrons. The van der Waals surface area contributed by atoms with Crippen LogP contribution in [0.5, 0.6) is 0 Å². The highest BCUT2D eigenvalue weighted by atomic mass is 35.5. The summed E-state index contributed by atoms with van der Waals surface area (Å²) in [6.45, 7) is 0.452. The number of H-pyrrole nitrogens is 1. The van der Waals surface area contributed by atoms with Crippen LogP contribution in [0.4, 0.5) is 0 Å². The van der Waals surface area contributed by atoms with Gasteiger partial charge in [0, 0.05) is 32.9 Å². The normalized spacial score (nSPS) is 11.2. The minimum atomic E-state index is -0.196. The lowest BCUT2D eigenvalue weighted by Gasteiger charge is -2.09. The van der Waals surface area contributed by atoms with Crippen LogP contribution in [0.1, 0.15) is 27.3 Å². The van der Waals surface area contributed by atoms with Crippen LogP contribution in [0, 0.1) is 0 Å². The van der Waals surface area contributed by atoms with Gasteiger partial charge < -0.3 is 10.3 Å². The third-order valence-corrected chi connectivity index (χ3v) is 6.58. The maximum atomic E-state index is 13.1. The molecule has 5 rings (SSSR count). The largest absolute Gasteiger partial charge is 0.353 e. The van der Waals surface area contributed by atoms with Gasteiger partial charge in [0.2, 0.25) is 0 Å². The lowest BCUT2D eigenvalue weighted by Crippen LogP contribution is -2.27. The maximum Gasteiger partial charge on any atom is 0.269 e. The van der Waals surface area contributed by atoms with Gasteiger partial charge in [-0.1, -0.05) is 77.8 Å². The molecule has 34 heavy (non-hydrogen) atoms. The molecule has 1 amide bonds. The van der Waals surface area contributed by atoms with Crippen molar-refractivity contribution in [1.29, 1.82) is 0 Å². The topological polar surface area (TPSA) is 57.8 Å². The second-order valence-corrected chi connectivity index (χ2v) is 9.12. The summed E-state index contributed by atoms with van der Waals surface area (Å²) in [6.07, 6.45) is 2.19. The molecular formula is C28H23Cl2N3O. The summed E-state index contributed by atoms with van der Waals surface area (Å²) in [6, 6.07) is 25.7. The first-order valence-corrected chi connectivity index (χ1v) is 12.0. The molecule has 2 aromatic heterocycles. The second kappa shape index (κ2) is 9.88. The van der Waals surface area contributed by atoms with Gasteiger partial charge in [-0.2, -0.15) is 0 Å². The monoisotopic (exact) mass is 487 g/mol. The van der Waals surface area contributed by atoms with E-state index in [9.17, 15) is 4.79 Å². The highest BCUT2D eigenvalue weighted by molar-refractivity contribution is 6.35. The van der Waals surface area contributed by atoms with Gasteiger partial charge in [0.25, 0.3) is 5.91 Å². The third kappa shape index (κ3) is 4.79. The van der Waals surface area contributed by atoms with Crippen molar-refractivity contribution >= 4 is 50.9 Å². The van der Waals surface area contributed by atoms with Crippen LogP contribution < -0.4 is 5.32 Å². The van der Waals surface area contributed by atoms with Crippen molar-refractivity contribution in [2.45, 2.75) is 19.3 Å². The van der Waals surface area contributed by atoms with Gasteiger partial charge in [-0.25, -0.2) is 4.98 Å². The van der Waals surface area contributed by atoms with Gasteiger partial charge >= 0.3 is 0 Å². The zero-order valence-electron chi connectivity index (χ0n) is 18.4. The number of nitrogens with zero attached hydrogens (tertiary/aromatic N) is 1. The fourth-order valence-corrected chi connectivity index (χ4v) is 4.74. The summed E-state index contributed by atoms with van der Waals surface area (Å²) in [7, 11) is 0. The molecule has 0 aliphatic carbocycles. The summed E-state index contributed by atoms with van der Waals surface area (Å²) >= 11 is 12.2. The van der Waals surface area contributed by atoms with Crippen molar-refractivity contribution in [3.63, 3.8) is 0 Å². The summed E-state index contributed by atoms with van der Waals surface area (Å²) in [5.41, 5.74) is 5.51. The molecular weight excluding hydrogens is 465 g/mol. The van der Waals surface area contributed by atoms with Crippen molar-refractivity contribution in [2.75, 3.05) is 6.54 Å². The molecule has 170 valence electrons. The Hall–Kier alpha value is -3.34. The molecule has 2 N–H and O–H groups in total. The summed E-state index contributed by atoms with van der Waals surface area (Å²) in [4.78, 5) is 21.3. The lowest BCUT2D eigenvalue weighted by molar-refractivity contribution is 0.0949. The van der Waals surface area contributed by atoms with Crippen LogP contribution in [-0.4, -0.2) is 22.4 Å². The number of carbonyl (C=O) groups is 1. The van der Waals surface area contributed by atoms with Crippen molar-refractivity contribution in [2.24, 2.45) is 0 Å². The predicted octanol–water partition coefficient (Wildman–Crippen LogP) is 6.78. The number of rotatable bonds is 7. The van der Waals surface area contributed by atoms with Gasteiger partial charge in [-0.05, 0) is 54.7 Å². The highest BCUT2D eigenvalue weighted by Gasteiger charge is 2.16. The van der Waals surface area contributed by atoms with E-state index in [1.165, 1.54) is 5.56 Å². The van der Waals surface area contributed by atoms with Crippen LogP contribution in [0.25, 0.3) is 21.8 Å². The van der Waals surface area contributed by atoms with E-state index in [0.717, 1.165) is 45.9 Å². The molecule has 0 saturated heterocycles. The molecule has 6 heteroatoms. The van der Waals surface area contributed by atoms with Gasteiger partial charge in [-0.15, -0.1) is 0 Å². The number of aryl methyl sites for hydroxylation is 2. The van der Waals surface area contributed by atoms with Gasteiger partial charge in [-0.3, -0.25) is 4.79 Å². The fourth-order valence-electron chi connectivity index (χ4n) is 4.24. The quantitative estimate of drug-likeness (QED) is 0.265. The number of nitrogens with one attached hydrogen (secondary N) is 2. The number of para-hydroxylation sites is 1. The number of halogens is 2. The Balaban J connectivity index is 1.41. The lowest BCUT2D eigenvalue weighted by atomic mass is 10.1. The fraction of sp³-hybridized carbons (Fsp3) is 0.143. The zero-order valence-corrected chi connectivity index (χ0v) is 20.0. The van der Waals surface area contributed by atoms with E-state index >= 15 is 0 Å². The first-order valence-electron chi connectivity index (χ1n) is 11.2. The molecule has 0 fully saturated rings. The van der Waals surface area contributed by atoms with E-state index in [2.05, 4.69) is 28.5 Å². The molecule has 0 atom stereocenters. The highest BCUT2D eigenvalue weighted by Crippen LogP contribution is 2.28. The van der Waals surface area contributed by atoms with Crippen LogP contribution >= 0.6 is 23.2 Å². The summed E-state index contributed by atoms with van der Waals surface area (Å²) in [5, 5.41) is 6.29. The van der Waals surface area contributed by atoms with Crippen LogP contribution in [0.2, 0.25) is 10.0 Å². The number of benzene rings is 3. The van der Waals surface area contributed by atoms with Gasteiger partial charge in [0.1, 0.15) is 5.69 Å². The smallest absolute Gasteiger partial charge is 0.269 e. The SMILES string of the molecule is O=C(NCCc1ccc(Cl)cc1Cl)c1cc2c([nH]c3ccccc32)c(CCc2ccccc2)n1.